The van der Waals surface area contributed by atoms with Crippen LogP contribution in [0.4, 0.5) is 0 Å². The van der Waals surface area contributed by atoms with Gasteiger partial charge in [-0.25, -0.2) is 9.59 Å². The summed E-state index contributed by atoms with van der Waals surface area (Å²) in [5.41, 5.74) is -0.0115. The Labute approximate surface area is 182 Å². The topological polar surface area (TPSA) is 78.9 Å². The van der Waals surface area contributed by atoms with Crippen molar-refractivity contribution in [2.24, 2.45) is 0 Å². The van der Waals surface area contributed by atoms with Crippen LogP contribution >= 0.6 is 0 Å². The first-order valence-corrected chi connectivity index (χ1v) is 11.7. The molecule has 0 saturated carbocycles. The third-order valence-electron chi connectivity index (χ3n) is 4.62. The van der Waals surface area contributed by atoms with E-state index in [1.807, 2.05) is 0 Å². The van der Waals surface area contributed by atoms with E-state index in [-0.39, 0.29) is 18.6 Å². The first-order chi connectivity index (χ1) is 14.5. The van der Waals surface area contributed by atoms with Gasteiger partial charge in [0, 0.05) is 6.08 Å². The fraction of sp³-hybridized carbons (Fsp3) is 0.792. The van der Waals surface area contributed by atoms with Crippen LogP contribution in [0.2, 0.25) is 0 Å². The summed E-state index contributed by atoms with van der Waals surface area (Å²) in [5, 5.41) is 0. The van der Waals surface area contributed by atoms with Crippen molar-refractivity contribution >= 4 is 17.9 Å². The number of hydrogen-bond acceptors (Lipinski definition) is 6. The van der Waals surface area contributed by atoms with Gasteiger partial charge in [0.05, 0.1) is 31.8 Å². The van der Waals surface area contributed by atoms with Crippen LogP contribution in [0.15, 0.2) is 11.6 Å². The predicted octanol–water partition coefficient (Wildman–Crippen LogP) is 5.67. The molecular weight excluding hydrogens is 384 g/mol. The zero-order valence-electron chi connectivity index (χ0n) is 19.3. The largest absolute Gasteiger partial charge is 0.465 e. The van der Waals surface area contributed by atoms with Crippen molar-refractivity contribution in [2.45, 2.75) is 104 Å². The second-order valence-electron chi connectivity index (χ2n) is 7.55. The van der Waals surface area contributed by atoms with E-state index in [1.54, 1.807) is 0 Å². The van der Waals surface area contributed by atoms with Gasteiger partial charge in [-0.05, 0) is 19.3 Å². The number of rotatable bonds is 19. The molecule has 0 rings (SSSR count). The van der Waals surface area contributed by atoms with Crippen LogP contribution in [0.25, 0.3) is 0 Å². The molecule has 174 valence electrons. The minimum Gasteiger partial charge on any atom is -0.465 e. The van der Waals surface area contributed by atoms with Crippen LogP contribution in [-0.4, -0.2) is 37.7 Å². The summed E-state index contributed by atoms with van der Waals surface area (Å²) >= 11 is 0. The Morgan fingerprint density at radius 3 is 1.57 bits per heavy atom. The maximum atomic E-state index is 12.4. The number of unbranched alkanes of at least 4 members (excludes halogenated alkanes) is 9. The average Bonchev–Trinajstić information content (AvgIpc) is 2.72. The van der Waals surface area contributed by atoms with Gasteiger partial charge in [-0.3, -0.25) is 4.79 Å². The van der Waals surface area contributed by atoms with Crippen molar-refractivity contribution in [3.8, 4) is 0 Å². The highest BCUT2D eigenvalue weighted by molar-refractivity contribution is 5.99. The highest BCUT2D eigenvalue weighted by atomic mass is 16.5. The fourth-order valence-corrected chi connectivity index (χ4v) is 2.78. The van der Waals surface area contributed by atoms with E-state index in [0.717, 1.165) is 83.1 Å². The lowest BCUT2D eigenvalue weighted by atomic mass is 10.1. The number of ether oxygens (including phenoxy) is 3. The molecule has 0 aromatic heterocycles. The summed E-state index contributed by atoms with van der Waals surface area (Å²) in [6, 6.07) is 0. The molecule has 0 unspecified atom stereocenters. The van der Waals surface area contributed by atoms with Crippen molar-refractivity contribution in [1.82, 2.24) is 0 Å². The Morgan fingerprint density at radius 2 is 1.07 bits per heavy atom. The van der Waals surface area contributed by atoms with Crippen LogP contribution in [0.3, 0.4) is 0 Å². The third-order valence-corrected chi connectivity index (χ3v) is 4.62. The fourth-order valence-electron chi connectivity index (χ4n) is 2.78. The van der Waals surface area contributed by atoms with Crippen LogP contribution in [0, 0.1) is 0 Å². The Kier molecular flexibility index (Phi) is 19.2. The SMILES string of the molecule is CCCCCCOC(=O)C=C(CC(=O)OCCCCCC)C(=O)OCCCCCC. The Balaban J connectivity index is 4.63. The van der Waals surface area contributed by atoms with E-state index in [0.29, 0.717) is 13.2 Å². The molecule has 0 saturated heterocycles. The maximum absolute atomic E-state index is 12.4. The number of esters is 3. The number of carbonyl (C=O) groups is 3. The van der Waals surface area contributed by atoms with Crippen molar-refractivity contribution in [3.63, 3.8) is 0 Å². The van der Waals surface area contributed by atoms with Gasteiger partial charge >= 0.3 is 17.9 Å². The summed E-state index contributed by atoms with van der Waals surface area (Å²) in [4.78, 5) is 36.5. The van der Waals surface area contributed by atoms with Crippen LogP contribution in [0.1, 0.15) is 104 Å². The van der Waals surface area contributed by atoms with E-state index in [1.165, 1.54) is 0 Å². The van der Waals surface area contributed by atoms with Crippen molar-refractivity contribution < 1.29 is 28.6 Å². The molecule has 0 N–H and O–H groups in total. The highest BCUT2D eigenvalue weighted by Gasteiger charge is 2.18. The van der Waals surface area contributed by atoms with Crippen LogP contribution < -0.4 is 0 Å². The highest BCUT2D eigenvalue weighted by Crippen LogP contribution is 2.10. The third kappa shape index (κ3) is 17.0. The first-order valence-electron chi connectivity index (χ1n) is 11.7. The molecule has 0 fully saturated rings. The Hall–Kier alpha value is -1.85. The molecule has 0 atom stereocenters. The normalized spacial score (nSPS) is 11.2. The molecular formula is C24H42O6. The summed E-state index contributed by atoms with van der Waals surface area (Å²) < 4.78 is 15.6. The van der Waals surface area contributed by atoms with E-state index in [4.69, 9.17) is 14.2 Å². The second kappa shape index (κ2) is 20.4. The molecule has 0 amide bonds. The standard InChI is InChI=1S/C24H42O6/c1-4-7-10-13-16-28-22(25)19-21(24(27)30-18-15-12-9-6-3)20-23(26)29-17-14-11-8-5-2/h19H,4-18,20H2,1-3H3. The minimum absolute atomic E-state index is 0.0115. The lowest BCUT2D eigenvalue weighted by molar-refractivity contribution is -0.146. The molecule has 0 radical (unpaired) electrons. The first kappa shape index (κ1) is 28.1. The smallest absolute Gasteiger partial charge is 0.334 e. The minimum atomic E-state index is -0.655. The van der Waals surface area contributed by atoms with E-state index < -0.39 is 17.9 Å². The van der Waals surface area contributed by atoms with Gasteiger partial charge in [-0.2, -0.15) is 0 Å². The van der Waals surface area contributed by atoms with Crippen molar-refractivity contribution in [1.29, 1.82) is 0 Å². The number of carbonyl (C=O) groups excluding carboxylic acids is 3. The lowest BCUT2D eigenvalue weighted by Crippen LogP contribution is -2.17. The molecule has 0 heterocycles. The average molecular weight is 427 g/mol. The van der Waals surface area contributed by atoms with Gasteiger partial charge in [0.25, 0.3) is 0 Å². The second-order valence-corrected chi connectivity index (χ2v) is 7.55. The lowest BCUT2D eigenvalue weighted by Gasteiger charge is -2.09. The summed E-state index contributed by atoms with van der Waals surface area (Å²) in [6.45, 7) is 7.22. The zero-order chi connectivity index (χ0) is 22.5. The predicted molar refractivity (Wildman–Crippen MR) is 118 cm³/mol. The maximum Gasteiger partial charge on any atom is 0.334 e. The molecule has 0 bridgehead atoms. The zero-order valence-corrected chi connectivity index (χ0v) is 19.3. The number of hydrogen-bond donors (Lipinski definition) is 0. The van der Waals surface area contributed by atoms with Crippen molar-refractivity contribution in [3.05, 3.63) is 11.6 Å². The van der Waals surface area contributed by atoms with Gasteiger partial charge in [0.1, 0.15) is 0 Å². The molecule has 0 aromatic carbocycles. The summed E-state index contributed by atoms with van der Waals surface area (Å²) in [5.74, 6) is -1.81. The van der Waals surface area contributed by atoms with Crippen molar-refractivity contribution in [2.75, 3.05) is 19.8 Å². The van der Waals surface area contributed by atoms with E-state index >= 15 is 0 Å². The molecule has 6 nitrogen and oxygen atoms in total. The molecule has 0 spiro atoms. The molecule has 6 heteroatoms. The summed E-state index contributed by atoms with van der Waals surface area (Å²) in [6.07, 6.45) is 12.6. The quantitative estimate of drug-likeness (QED) is 0.115. The molecule has 30 heavy (non-hydrogen) atoms. The molecule has 0 aliphatic rings. The van der Waals surface area contributed by atoms with Gasteiger partial charge < -0.3 is 14.2 Å². The Bertz CT molecular complexity index is 498. The molecule has 0 aliphatic heterocycles. The van der Waals surface area contributed by atoms with Crippen LogP contribution in [0.5, 0.6) is 0 Å². The molecule has 0 aliphatic carbocycles. The van der Waals surface area contributed by atoms with E-state index in [9.17, 15) is 14.4 Å². The van der Waals surface area contributed by atoms with Gasteiger partial charge in [-0.1, -0.05) is 78.6 Å². The van der Waals surface area contributed by atoms with Gasteiger partial charge in [-0.15, -0.1) is 0 Å². The summed E-state index contributed by atoms with van der Waals surface area (Å²) in [7, 11) is 0. The monoisotopic (exact) mass is 426 g/mol. The Morgan fingerprint density at radius 1 is 0.600 bits per heavy atom. The van der Waals surface area contributed by atoms with Gasteiger partial charge in [0.15, 0.2) is 0 Å². The molecule has 0 aromatic rings. The van der Waals surface area contributed by atoms with Crippen LogP contribution in [-0.2, 0) is 28.6 Å². The van der Waals surface area contributed by atoms with Gasteiger partial charge in [0.2, 0.25) is 0 Å². The van der Waals surface area contributed by atoms with E-state index in [2.05, 4.69) is 20.8 Å².